The van der Waals surface area contributed by atoms with Crippen molar-refractivity contribution in [1.29, 1.82) is 0 Å². The Hall–Kier alpha value is -3.53. The molecule has 0 bridgehead atoms. The minimum absolute atomic E-state index is 0.0351. The predicted molar refractivity (Wildman–Crippen MR) is 100 cm³/mol. The summed E-state index contributed by atoms with van der Waals surface area (Å²) >= 11 is 1.50. The van der Waals surface area contributed by atoms with Crippen molar-refractivity contribution in [2.45, 2.75) is 13.0 Å². The lowest BCUT2D eigenvalue weighted by molar-refractivity contribution is -0.384. The number of rotatable bonds is 4. The Balaban J connectivity index is 1.86. The Kier molecular flexibility index (Phi) is 3.96. The molecular weight excluding hydrogens is 368 g/mol. The topological polar surface area (TPSA) is 129 Å². The number of aromatic nitrogens is 3. The lowest BCUT2D eigenvalue weighted by atomic mass is 9.95. The van der Waals surface area contributed by atoms with E-state index < -0.39 is 16.9 Å². The molecule has 1 atom stereocenters. The van der Waals surface area contributed by atoms with E-state index in [1.54, 1.807) is 23.7 Å². The summed E-state index contributed by atoms with van der Waals surface area (Å²) in [4.78, 5) is 28.0. The molecule has 4 rings (SSSR count). The first kappa shape index (κ1) is 16.9. The van der Waals surface area contributed by atoms with Gasteiger partial charge in [0.25, 0.3) is 5.69 Å². The van der Waals surface area contributed by atoms with Gasteiger partial charge in [-0.05, 0) is 36.1 Å². The maximum atomic E-state index is 12.1. The predicted octanol–water partition coefficient (Wildman–Crippen LogP) is 2.69. The highest BCUT2D eigenvalue weighted by atomic mass is 32.1. The smallest absolute Gasteiger partial charge is 0.269 e. The zero-order valence-corrected chi connectivity index (χ0v) is 14.9. The average Bonchev–Trinajstić information content (AvgIpc) is 3.29. The summed E-state index contributed by atoms with van der Waals surface area (Å²) in [7, 11) is 0. The van der Waals surface area contributed by atoms with Gasteiger partial charge < -0.3 is 11.1 Å². The molecule has 0 saturated carbocycles. The van der Waals surface area contributed by atoms with E-state index >= 15 is 0 Å². The van der Waals surface area contributed by atoms with Gasteiger partial charge in [0.15, 0.2) is 5.82 Å². The number of carbonyl (C=O) groups excluding carboxylic acids is 1. The molecule has 3 heterocycles. The molecule has 1 unspecified atom stereocenters. The normalized spacial score (nSPS) is 16.0. The van der Waals surface area contributed by atoms with Crippen molar-refractivity contribution >= 4 is 28.9 Å². The van der Waals surface area contributed by atoms with Crippen LogP contribution in [0.2, 0.25) is 0 Å². The fourth-order valence-corrected chi connectivity index (χ4v) is 3.72. The molecule has 0 fully saturated rings. The molecule has 3 N–H and O–H groups in total. The highest BCUT2D eigenvalue weighted by molar-refractivity contribution is 7.13. The summed E-state index contributed by atoms with van der Waals surface area (Å²) < 4.78 is 1.59. The third-order valence-electron chi connectivity index (χ3n) is 4.28. The van der Waals surface area contributed by atoms with Gasteiger partial charge in [-0.3, -0.25) is 14.9 Å². The van der Waals surface area contributed by atoms with Crippen LogP contribution in [0.1, 0.15) is 18.5 Å². The van der Waals surface area contributed by atoms with E-state index in [-0.39, 0.29) is 5.69 Å². The molecule has 2 aromatic heterocycles. The van der Waals surface area contributed by atoms with Crippen molar-refractivity contribution in [3.63, 3.8) is 0 Å². The first-order valence-corrected chi connectivity index (χ1v) is 8.86. The highest BCUT2D eigenvalue weighted by Gasteiger charge is 2.33. The van der Waals surface area contributed by atoms with E-state index in [0.717, 1.165) is 4.88 Å². The summed E-state index contributed by atoms with van der Waals surface area (Å²) in [5.74, 6) is 0.407. The molecular formula is C17H14N6O3S. The van der Waals surface area contributed by atoms with Crippen molar-refractivity contribution in [3.05, 3.63) is 68.7 Å². The number of nitrogens with zero attached hydrogens (tertiary/aromatic N) is 4. The fraction of sp³-hybridized carbons (Fsp3) is 0.118. The van der Waals surface area contributed by atoms with Crippen LogP contribution in [0.4, 0.5) is 11.6 Å². The zero-order valence-electron chi connectivity index (χ0n) is 14.1. The molecule has 1 aliphatic heterocycles. The molecule has 136 valence electrons. The number of benzene rings is 1. The minimum Gasteiger partial charge on any atom is -0.366 e. The molecule has 0 spiro atoms. The second-order valence-electron chi connectivity index (χ2n) is 5.96. The molecule has 10 heteroatoms. The quantitative estimate of drug-likeness (QED) is 0.527. The first-order chi connectivity index (χ1) is 13.0. The van der Waals surface area contributed by atoms with Crippen molar-refractivity contribution in [3.8, 4) is 10.7 Å². The number of non-ortho nitro benzene ring substituents is 1. The molecule has 1 aromatic carbocycles. The summed E-state index contributed by atoms with van der Waals surface area (Å²) in [6, 6.07) is 9.16. The van der Waals surface area contributed by atoms with E-state index in [2.05, 4.69) is 15.4 Å². The monoisotopic (exact) mass is 382 g/mol. The van der Waals surface area contributed by atoms with E-state index in [0.29, 0.717) is 28.6 Å². The molecule has 0 aliphatic carbocycles. The Morgan fingerprint density at radius 3 is 2.67 bits per heavy atom. The Morgan fingerprint density at radius 2 is 2.07 bits per heavy atom. The summed E-state index contributed by atoms with van der Waals surface area (Å²) in [6.45, 7) is 1.74. The molecule has 1 aliphatic rings. The summed E-state index contributed by atoms with van der Waals surface area (Å²) in [5, 5.41) is 20.5. The number of nitro benzene ring substituents is 1. The average molecular weight is 382 g/mol. The Morgan fingerprint density at radius 1 is 1.33 bits per heavy atom. The third kappa shape index (κ3) is 2.85. The molecule has 0 saturated heterocycles. The maximum Gasteiger partial charge on any atom is 0.269 e. The van der Waals surface area contributed by atoms with E-state index in [1.165, 1.54) is 23.5 Å². The number of hydrogen-bond acceptors (Lipinski definition) is 7. The number of primary amides is 1. The molecule has 1 amide bonds. The second-order valence-corrected chi connectivity index (χ2v) is 6.91. The van der Waals surface area contributed by atoms with E-state index in [4.69, 9.17) is 5.73 Å². The van der Waals surface area contributed by atoms with Gasteiger partial charge in [0.05, 0.1) is 15.4 Å². The van der Waals surface area contributed by atoms with Crippen LogP contribution in [0.3, 0.4) is 0 Å². The van der Waals surface area contributed by atoms with Crippen LogP contribution in [0.25, 0.3) is 10.7 Å². The number of nitrogens with one attached hydrogen (secondary N) is 1. The van der Waals surface area contributed by atoms with Gasteiger partial charge in [0.2, 0.25) is 11.9 Å². The highest BCUT2D eigenvalue weighted by Crippen LogP contribution is 2.36. The number of allylic oxidation sites excluding steroid dienone is 1. The number of thiophene rings is 1. The van der Waals surface area contributed by atoms with Gasteiger partial charge >= 0.3 is 0 Å². The first-order valence-electron chi connectivity index (χ1n) is 7.98. The van der Waals surface area contributed by atoms with Crippen LogP contribution in [-0.4, -0.2) is 25.6 Å². The van der Waals surface area contributed by atoms with Crippen LogP contribution in [0, 0.1) is 10.1 Å². The zero-order chi connectivity index (χ0) is 19.1. The van der Waals surface area contributed by atoms with Gasteiger partial charge in [0.1, 0.15) is 6.04 Å². The minimum atomic E-state index is -0.624. The molecule has 9 nitrogen and oxygen atoms in total. The van der Waals surface area contributed by atoms with Gasteiger partial charge in [-0.15, -0.1) is 16.4 Å². The lowest BCUT2D eigenvalue weighted by Gasteiger charge is -2.27. The third-order valence-corrected chi connectivity index (χ3v) is 5.15. The summed E-state index contributed by atoms with van der Waals surface area (Å²) in [6.07, 6.45) is 0. The Labute approximate surface area is 157 Å². The number of nitrogens with two attached hydrogens (primary N) is 1. The van der Waals surface area contributed by atoms with Crippen molar-refractivity contribution in [2.75, 3.05) is 5.32 Å². The standard InChI is InChI=1S/C17H14N6O3S/c1-9-13(15(18)24)14(10-4-6-11(7-5-10)23(25)26)22-17(19-9)20-16(21-22)12-3-2-8-27-12/h2-8,14H,1H3,(H2,18,24)(H,19,20,21). The van der Waals surface area contributed by atoms with Gasteiger partial charge in [-0.2, -0.15) is 4.98 Å². The van der Waals surface area contributed by atoms with Crippen LogP contribution >= 0.6 is 11.3 Å². The van der Waals surface area contributed by atoms with E-state index in [9.17, 15) is 14.9 Å². The SMILES string of the molecule is CC1=C(C(N)=O)C(c2ccc([N+](=O)[O-])cc2)n2nc(-c3cccs3)nc2N1. The molecule has 3 aromatic rings. The van der Waals surface area contributed by atoms with Crippen molar-refractivity contribution in [2.24, 2.45) is 5.73 Å². The number of anilines is 1. The number of fused-ring (bicyclic) bond motifs is 1. The molecule has 27 heavy (non-hydrogen) atoms. The van der Waals surface area contributed by atoms with Gasteiger partial charge in [-0.25, -0.2) is 4.68 Å². The number of nitro groups is 1. The van der Waals surface area contributed by atoms with Crippen molar-refractivity contribution < 1.29 is 9.72 Å². The number of carbonyl (C=O) groups is 1. The summed E-state index contributed by atoms with van der Waals surface area (Å²) in [5.41, 5.74) is 7.14. The second kappa shape index (κ2) is 6.32. The number of amides is 1. The van der Waals surface area contributed by atoms with Crippen LogP contribution < -0.4 is 11.1 Å². The van der Waals surface area contributed by atoms with Gasteiger partial charge in [-0.1, -0.05) is 6.07 Å². The maximum absolute atomic E-state index is 12.1. The van der Waals surface area contributed by atoms with Crippen LogP contribution in [0.5, 0.6) is 0 Å². The van der Waals surface area contributed by atoms with Gasteiger partial charge in [0, 0.05) is 17.8 Å². The fourth-order valence-electron chi connectivity index (χ4n) is 3.07. The van der Waals surface area contributed by atoms with E-state index in [1.807, 2.05) is 17.5 Å². The molecule has 0 radical (unpaired) electrons. The van der Waals surface area contributed by atoms with Crippen LogP contribution in [0.15, 0.2) is 53.0 Å². The van der Waals surface area contributed by atoms with Crippen LogP contribution in [-0.2, 0) is 4.79 Å². The largest absolute Gasteiger partial charge is 0.366 e. The Bertz CT molecular complexity index is 1070. The number of hydrogen-bond donors (Lipinski definition) is 2. The lowest BCUT2D eigenvalue weighted by Crippen LogP contribution is -2.31. The van der Waals surface area contributed by atoms with Crippen molar-refractivity contribution in [1.82, 2.24) is 14.8 Å².